The second-order valence-electron chi connectivity index (χ2n) is 6.27. The molecule has 0 aliphatic carbocycles. The van der Waals surface area contributed by atoms with E-state index < -0.39 is 0 Å². The fourth-order valence-corrected chi connectivity index (χ4v) is 2.99. The summed E-state index contributed by atoms with van der Waals surface area (Å²) in [7, 11) is 0. The quantitative estimate of drug-likeness (QED) is 0.445. The summed E-state index contributed by atoms with van der Waals surface area (Å²) in [4.78, 5) is 24.3. The Kier molecular flexibility index (Phi) is 7.44. The Morgan fingerprint density at radius 1 is 0.633 bits per heavy atom. The molecule has 30 heavy (non-hydrogen) atoms. The van der Waals surface area contributed by atoms with Gasteiger partial charge in [0.15, 0.2) is 0 Å². The molecule has 0 aromatic heterocycles. The van der Waals surface area contributed by atoms with Crippen molar-refractivity contribution < 1.29 is 9.59 Å². The summed E-state index contributed by atoms with van der Waals surface area (Å²) in [6, 6.07) is 21.3. The number of hydrogen-bond acceptors (Lipinski definition) is 2. The lowest BCUT2D eigenvalue weighted by atomic mass is 10.2. The summed E-state index contributed by atoms with van der Waals surface area (Å²) < 4.78 is 0. The van der Waals surface area contributed by atoms with Gasteiger partial charge in [0.05, 0.1) is 0 Å². The van der Waals surface area contributed by atoms with E-state index in [4.69, 9.17) is 23.2 Å². The van der Waals surface area contributed by atoms with E-state index in [1.54, 1.807) is 48.6 Å². The van der Waals surface area contributed by atoms with Crippen LogP contribution in [0.15, 0.2) is 84.9 Å². The molecule has 0 bridgehead atoms. The van der Waals surface area contributed by atoms with Crippen molar-refractivity contribution in [3.05, 3.63) is 106 Å². The normalized spacial score (nSPS) is 11.0. The Hall–Kier alpha value is -3.34. The number of carbonyl (C=O) groups excluding carboxylic acids is 2. The molecule has 0 unspecified atom stereocenters. The van der Waals surface area contributed by atoms with E-state index in [2.05, 4.69) is 10.6 Å². The maximum Gasteiger partial charge on any atom is 0.248 e. The van der Waals surface area contributed by atoms with Gasteiger partial charge in [-0.05, 0) is 53.6 Å². The molecule has 0 fully saturated rings. The van der Waals surface area contributed by atoms with Gasteiger partial charge in [0.2, 0.25) is 11.8 Å². The van der Waals surface area contributed by atoms with Crippen molar-refractivity contribution in [1.29, 1.82) is 0 Å². The zero-order valence-electron chi connectivity index (χ0n) is 15.8. The maximum atomic E-state index is 12.2. The van der Waals surface area contributed by atoms with Gasteiger partial charge in [-0.3, -0.25) is 9.59 Å². The molecule has 4 nitrogen and oxygen atoms in total. The molecule has 3 aromatic rings. The fraction of sp³-hybridized carbons (Fsp3) is 0. The topological polar surface area (TPSA) is 58.2 Å². The summed E-state index contributed by atoms with van der Waals surface area (Å²) in [6.45, 7) is 0. The molecule has 150 valence electrons. The highest BCUT2D eigenvalue weighted by Gasteiger charge is 2.03. The van der Waals surface area contributed by atoms with Crippen LogP contribution in [0.25, 0.3) is 12.2 Å². The molecule has 0 atom stereocenters. The number of rotatable bonds is 6. The minimum atomic E-state index is -0.308. The van der Waals surface area contributed by atoms with Crippen molar-refractivity contribution in [3.63, 3.8) is 0 Å². The number of benzene rings is 3. The van der Waals surface area contributed by atoms with Crippen LogP contribution >= 0.6 is 23.2 Å². The molecule has 0 radical (unpaired) electrons. The maximum absolute atomic E-state index is 12.2. The van der Waals surface area contributed by atoms with Gasteiger partial charge < -0.3 is 10.6 Å². The Morgan fingerprint density at radius 3 is 1.50 bits per heavy atom. The van der Waals surface area contributed by atoms with E-state index >= 15 is 0 Å². The van der Waals surface area contributed by atoms with Crippen LogP contribution in [0.5, 0.6) is 0 Å². The highest BCUT2D eigenvalue weighted by Crippen LogP contribution is 2.19. The van der Waals surface area contributed by atoms with E-state index in [0.717, 1.165) is 11.1 Å². The van der Waals surface area contributed by atoms with Crippen LogP contribution in [-0.4, -0.2) is 11.8 Å². The van der Waals surface area contributed by atoms with Crippen molar-refractivity contribution in [2.45, 2.75) is 0 Å². The average Bonchev–Trinajstić information content (AvgIpc) is 2.73. The van der Waals surface area contributed by atoms with Crippen LogP contribution in [0.1, 0.15) is 11.1 Å². The van der Waals surface area contributed by atoms with E-state index in [0.29, 0.717) is 21.4 Å². The third-order valence-electron chi connectivity index (χ3n) is 4.04. The van der Waals surface area contributed by atoms with Crippen LogP contribution < -0.4 is 10.6 Å². The van der Waals surface area contributed by atoms with Crippen LogP contribution in [-0.2, 0) is 9.59 Å². The number of amides is 2. The minimum absolute atomic E-state index is 0.308. The second-order valence-corrected chi connectivity index (χ2v) is 7.08. The Bertz CT molecular complexity index is 1040. The molecule has 6 heteroatoms. The van der Waals surface area contributed by atoms with E-state index in [-0.39, 0.29) is 11.8 Å². The average molecular weight is 437 g/mol. The Labute approximate surface area is 184 Å². The molecule has 0 aliphatic heterocycles. The first-order valence-corrected chi connectivity index (χ1v) is 9.84. The summed E-state index contributed by atoms with van der Waals surface area (Å²) in [5.74, 6) is -0.617. The molecule has 3 aromatic carbocycles. The van der Waals surface area contributed by atoms with E-state index in [9.17, 15) is 9.59 Å². The molecule has 0 saturated carbocycles. The van der Waals surface area contributed by atoms with Gasteiger partial charge in [0, 0.05) is 33.6 Å². The number of halogens is 2. The van der Waals surface area contributed by atoms with Crippen LogP contribution in [0, 0.1) is 0 Å². The first-order chi connectivity index (χ1) is 14.5. The van der Waals surface area contributed by atoms with Crippen LogP contribution in [0.2, 0.25) is 10.0 Å². The van der Waals surface area contributed by atoms with Crippen molar-refractivity contribution in [1.82, 2.24) is 0 Å². The molecular weight excluding hydrogens is 419 g/mol. The molecule has 0 saturated heterocycles. The van der Waals surface area contributed by atoms with Gasteiger partial charge in [-0.1, -0.05) is 65.7 Å². The number of hydrogen-bond donors (Lipinski definition) is 2. The number of carbonyl (C=O) groups is 2. The van der Waals surface area contributed by atoms with Crippen LogP contribution in [0.3, 0.4) is 0 Å². The van der Waals surface area contributed by atoms with Crippen LogP contribution in [0.4, 0.5) is 11.4 Å². The summed E-state index contributed by atoms with van der Waals surface area (Å²) in [5, 5.41) is 6.64. The Morgan fingerprint density at radius 2 is 1.07 bits per heavy atom. The van der Waals surface area contributed by atoms with Gasteiger partial charge in [0.25, 0.3) is 0 Å². The molecule has 2 N–H and O–H groups in total. The molecular formula is C24H18Cl2N2O2. The molecule has 0 spiro atoms. The standard InChI is InChI=1S/C24H18Cl2N2O2/c25-21-10-3-1-6-17(21)12-14-23(29)27-19-8-5-9-20(16-19)28-24(30)15-13-18-7-2-4-11-22(18)26/h1-16H,(H,27,29)(H,28,30)/b14-12+,15-13+. The second kappa shape index (κ2) is 10.4. The largest absolute Gasteiger partial charge is 0.322 e. The van der Waals surface area contributed by atoms with Gasteiger partial charge >= 0.3 is 0 Å². The van der Waals surface area contributed by atoms with Crippen molar-refractivity contribution in [2.24, 2.45) is 0 Å². The summed E-state index contributed by atoms with van der Waals surface area (Å²) >= 11 is 12.1. The SMILES string of the molecule is O=C(/C=C/c1ccccc1Cl)Nc1cccc(NC(=O)/C=C/c2ccccc2Cl)c1. The lowest BCUT2D eigenvalue weighted by molar-refractivity contribution is -0.112. The molecule has 0 heterocycles. The van der Waals surface area contributed by atoms with Crippen molar-refractivity contribution in [3.8, 4) is 0 Å². The predicted octanol–water partition coefficient (Wildman–Crippen LogP) is 6.30. The van der Waals surface area contributed by atoms with Crippen molar-refractivity contribution >= 4 is 58.5 Å². The summed E-state index contributed by atoms with van der Waals surface area (Å²) in [5.41, 5.74) is 2.61. The monoisotopic (exact) mass is 436 g/mol. The fourth-order valence-electron chi connectivity index (χ4n) is 2.59. The third kappa shape index (κ3) is 6.34. The molecule has 2 amide bonds. The molecule has 3 rings (SSSR count). The zero-order valence-corrected chi connectivity index (χ0v) is 17.3. The lowest BCUT2D eigenvalue weighted by Crippen LogP contribution is -2.10. The highest BCUT2D eigenvalue weighted by molar-refractivity contribution is 6.32. The Balaban J connectivity index is 1.60. The van der Waals surface area contributed by atoms with E-state index in [1.165, 1.54) is 12.2 Å². The number of anilines is 2. The minimum Gasteiger partial charge on any atom is -0.322 e. The van der Waals surface area contributed by atoms with E-state index in [1.807, 2.05) is 36.4 Å². The number of nitrogens with one attached hydrogen (secondary N) is 2. The molecule has 0 aliphatic rings. The third-order valence-corrected chi connectivity index (χ3v) is 4.73. The van der Waals surface area contributed by atoms with Gasteiger partial charge in [-0.25, -0.2) is 0 Å². The lowest BCUT2D eigenvalue weighted by Gasteiger charge is -2.06. The van der Waals surface area contributed by atoms with Gasteiger partial charge in [-0.15, -0.1) is 0 Å². The first-order valence-electron chi connectivity index (χ1n) is 9.08. The first kappa shape index (κ1) is 21.4. The van der Waals surface area contributed by atoms with Gasteiger partial charge in [-0.2, -0.15) is 0 Å². The predicted molar refractivity (Wildman–Crippen MR) is 125 cm³/mol. The summed E-state index contributed by atoms with van der Waals surface area (Å²) in [6.07, 6.45) is 6.09. The highest BCUT2D eigenvalue weighted by atomic mass is 35.5. The van der Waals surface area contributed by atoms with Crippen molar-refractivity contribution in [2.75, 3.05) is 10.6 Å². The smallest absolute Gasteiger partial charge is 0.248 e. The van der Waals surface area contributed by atoms with Gasteiger partial charge in [0.1, 0.15) is 0 Å². The zero-order chi connectivity index (χ0) is 21.3.